The topological polar surface area (TPSA) is 66.4 Å². The number of benzene rings is 2. The first-order valence-electron chi connectivity index (χ1n) is 5.89. The number of phenols is 1. The average Bonchev–Trinajstić information content (AvgIpc) is 2.41. The van der Waals surface area contributed by atoms with Crippen molar-refractivity contribution in [3.05, 3.63) is 59.4 Å². The van der Waals surface area contributed by atoms with Gasteiger partial charge in [-0.15, -0.1) is 0 Å². The highest BCUT2D eigenvalue weighted by Crippen LogP contribution is 2.21. The third-order valence-corrected chi connectivity index (χ3v) is 2.76. The standard InChI is InChI=1S/C15H12FNO3/c1-9(18)11-4-2-3-5-13(11)17-15(20)12-8-10(16)6-7-14(12)19/h2-8,19H,1H3,(H,17,20). The number of ketones is 1. The van der Waals surface area contributed by atoms with Crippen molar-refractivity contribution in [1.29, 1.82) is 0 Å². The fraction of sp³-hybridized carbons (Fsp3) is 0.0667. The van der Waals surface area contributed by atoms with E-state index in [9.17, 15) is 19.1 Å². The molecule has 0 atom stereocenters. The number of hydrogen-bond donors (Lipinski definition) is 2. The predicted octanol–water partition coefficient (Wildman–Crippen LogP) is 2.99. The predicted molar refractivity (Wildman–Crippen MR) is 72.5 cm³/mol. The Morgan fingerprint density at radius 1 is 1.10 bits per heavy atom. The number of hydrogen-bond acceptors (Lipinski definition) is 3. The number of carbonyl (C=O) groups excluding carboxylic acids is 2. The third-order valence-electron chi connectivity index (χ3n) is 2.76. The van der Waals surface area contributed by atoms with E-state index < -0.39 is 11.7 Å². The number of carbonyl (C=O) groups is 2. The van der Waals surface area contributed by atoms with Crippen LogP contribution in [0.25, 0.3) is 0 Å². The van der Waals surface area contributed by atoms with E-state index in [1.165, 1.54) is 6.92 Å². The van der Waals surface area contributed by atoms with Crippen LogP contribution >= 0.6 is 0 Å². The maximum absolute atomic E-state index is 13.1. The molecule has 0 aliphatic heterocycles. The molecule has 0 aliphatic rings. The second kappa shape index (κ2) is 5.52. The summed E-state index contributed by atoms with van der Waals surface area (Å²) in [6.45, 7) is 1.38. The van der Waals surface area contributed by atoms with Gasteiger partial charge in [0, 0.05) is 5.56 Å². The van der Waals surface area contributed by atoms with Gasteiger partial charge in [0.15, 0.2) is 5.78 Å². The summed E-state index contributed by atoms with van der Waals surface area (Å²) in [7, 11) is 0. The van der Waals surface area contributed by atoms with Gasteiger partial charge in [0.25, 0.3) is 5.91 Å². The van der Waals surface area contributed by atoms with E-state index in [4.69, 9.17) is 0 Å². The molecule has 2 N–H and O–H groups in total. The van der Waals surface area contributed by atoms with E-state index in [2.05, 4.69) is 5.32 Å². The normalized spacial score (nSPS) is 10.1. The summed E-state index contributed by atoms with van der Waals surface area (Å²) in [6, 6.07) is 9.55. The zero-order valence-corrected chi connectivity index (χ0v) is 10.7. The molecule has 0 fully saturated rings. The van der Waals surface area contributed by atoms with Gasteiger partial charge in [0.1, 0.15) is 11.6 Å². The van der Waals surface area contributed by atoms with Crippen LogP contribution in [0.5, 0.6) is 5.75 Å². The van der Waals surface area contributed by atoms with Gasteiger partial charge < -0.3 is 10.4 Å². The minimum absolute atomic E-state index is 0.191. The molecule has 2 aromatic rings. The Hall–Kier alpha value is -2.69. The molecule has 1 amide bonds. The van der Waals surface area contributed by atoms with Crippen LogP contribution in [0.3, 0.4) is 0 Å². The second-order valence-electron chi connectivity index (χ2n) is 4.22. The molecule has 2 aromatic carbocycles. The molecule has 0 aromatic heterocycles. The Labute approximate surface area is 114 Å². The quantitative estimate of drug-likeness (QED) is 0.845. The summed E-state index contributed by atoms with van der Waals surface area (Å²) in [6.07, 6.45) is 0. The largest absolute Gasteiger partial charge is 0.507 e. The lowest BCUT2D eigenvalue weighted by molar-refractivity contribution is 0.101. The highest BCUT2D eigenvalue weighted by atomic mass is 19.1. The molecule has 102 valence electrons. The van der Waals surface area contributed by atoms with Gasteiger partial charge in [-0.2, -0.15) is 0 Å². The molecule has 0 aliphatic carbocycles. The Kier molecular flexibility index (Phi) is 3.79. The van der Waals surface area contributed by atoms with Gasteiger partial charge in [-0.3, -0.25) is 9.59 Å². The van der Waals surface area contributed by atoms with Gasteiger partial charge in [0.05, 0.1) is 11.3 Å². The van der Waals surface area contributed by atoms with Gasteiger partial charge in [-0.25, -0.2) is 4.39 Å². The molecule has 0 radical (unpaired) electrons. The maximum Gasteiger partial charge on any atom is 0.259 e. The van der Waals surface area contributed by atoms with Crippen LogP contribution in [0.2, 0.25) is 0 Å². The molecule has 0 bridgehead atoms. The number of halogens is 1. The smallest absolute Gasteiger partial charge is 0.259 e. The Morgan fingerprint density at radius 3 is 2.50 bits per heavy atom. The molecule has 4 nitrogen and oxygen atoms in total. The van der Waals surface area contributed by atoms with Crippen molar-refractivity contribution in [2.45, 2.75) is 6.92 Å². The number of amides is 1. The minimum Gasteiger partial charge on any atom is -0.507 e. The first kappa shape index (κ1) is 13.7. The molecule has 0 saturated heterocycles. The van der Waals surface area contributed by atoms with E-state index in [1.807, 2.05) is 0 Å². The van der Waals surface area contributed by atoms with Crippen molar-refractivity contribution < 1.29 is 19.1 Å². The van der Waals surface area contributed by atoms with Crippen LogP contribution in [0.4, 0.5) is 10.1 Å². The fourth-order valence-corrected chi connectivity index (χ4v) is 1.78. The van der Waals surface area contributed by atoms with Crippen molar-refractivity contribution in [2.24, 2.45) is 0 Å². The summed E-state index contributed by atoms with van der Waals surface area (Å²) in [5, 5.41) is 12.1. The highest BCUT2D eigenvalue weighted by molar-refractivity contribution is 6.10. The van der Waals surface area contributed by atoms with Crippen LogP contribution in [0, 0.1) is 5.82 Å². The number of anilines is 1. The Balaban J connectivity index is 2.33. The van der Waals surface area contributed by atoms with E-state index in [0.717, 1.165) is 18.2 Å². The van der Waals surface area contributed by atoms with E-state index in [0.29, 0.717) is 11.3 Å². The van der Waals surface area contributed by atoms with E-state index in [-0.39, 0.29) is 17.1 Å². The maximum atomic E-state index is 13.1. The first-order chi connectivity index (χ1) is 9.49. The number of rotatable bonds is 3. The number of aromatic hydroxyl groups is 1. The van der Waals surface area contributed by atoms with Crippen LogP contribution in [0.15, 0.2) is 42.5 Å². The lowest BCUT2D eigenvalue weighted by Crippen LogP contribution is -2.14. The zero-order chi connectivity index (χ0) is 14.7. The average molecular weight is 273 g/mol. The number of phenolic OH excluding ortho intramolecular Hbond substituents is 1. The molecular formula is C15H12FNO3. The van der Waals surface area contributed by atoms with Gasteiger partial charge in [0.2, 0.25) is 0 Å². The summed E-state index contributed by atoms with van der Waals surface area (Å²) in [5.74, 6) is -1.85. The van der Waals surface area contributed by atoms with Crippen molar-refractivity contribution in [3.63, 3.8) is 0 Å². The van der Waals surface area contributed by atoms with Crippen molar-refractivity contribution in [3.8, 4) is 5.75 Å². The molecule has 0 unspecified atom stereocenters. The van der Waals surface area contributed by atoms with E-state index in [1.54, 1.807) is 24.3 Å². The molecule has 20 heavy (non-hydrogen) atoms. The molecule has 2 rings (SSSR count). The summed E-state index contributed by atoms with van der Waals surface area (Å²) in [5.41, 5.74) is 0.466. The van der Waals surface area contributed by atoms with Crippen LogP contribution in [-0.2, 0) is 0 Å². The lowest BCUT2D eigenvalue weighted by atomic mass is 10.1. The summed E-state index contributed by atoms with van der Waals surface area (Å²) >= 11 is 0. The number of Topliss-reactive ketones (excluding diaryl/α,β-unsaturated/α-hetero) is 1. The zero-order valence-electron chi connectivity index (χ0n) is 10.7. The third kappa shape index (κ3) is 2.83. The van der Waals surface area contributed by atoms with Crippen molar-refractivity contribution in [2.75, 3.05) is 5.32 Å². The van der Waals surface area contributed by atoms with Crippen LogP contribution in [0.1, 0.15) is 27.6 Å². The first-order valence-corrected chi connectivity index (χ1v) is 5.89. The molecular weight excluding hydrogens is 261 g/mol. The van der Waals surface area contributed by atoms with Crippen LogP contribution < -0.4 is 5.32 Å². The van der Waals surface area contributed by atoms with Crippen molar-refractivity contribution in [1.82, 2.24) is 0 Å². The second-order valence-corrected chi connectivity index (χ2v) is 4.22. The van der Waals surface area contributed by atoms with E-state index >= 15 is 0 Å². The molecule has 0 saturated carbocycles. The highest BCUT2D eigenvalue weighted by Gasteiger charge is 2.15. The Morgan fingerprint density at radius 2 is 1.80 bits per heavy atom. The van der Waals surface area contributed by atoms with Gasteiger partial charge in [-0.1, -0.05) is 12.1 Å². The van der Waals surface area contributed by atoms with Gasteiger partial charge in [-0.05, 0) is 37.3 Å². The summed E-state index contributed by atoms with van der Waals surface area (Å²) in [4.78, 5) is 23.5. The van der Waals surface area contributed by atoms with Gasteiger partial charge >= 0.3 is 0 Å². The molecule has 0 spiro atoms. The molecule has 0 heterocycles. The number of para-hydroxylation sites is 1. The monoisotopic (exact) mass is 273 g/mol. The minimum atomic E-state index is -0.685. The van der Waals surface area contributed by atoms with Crippen molar-refractivity contribution >= 4 is 17.4 Å². The lowest BCUT2D eigenvalue weighted by Gasteiger charge is -2.10. The Bertz CT molecular complexity index is 683. The number of nitrogens with one attached hydrogen (secondary N) is 1. The molecule has 5 heteroatoms. The fourth-order valence-electron chi connectivity index (χ4n) is 1.78. The van der Waals surface area contributed by atoms with Crippen LogP contribution in [-0.4, -0.2) is 16.8 Å². The SMILES string of the molecule is CC(=O)c1ccccc1NC(=O)c1cc(F)ccc1O. The summed E-state index contributed by atoms with van der Waals surface area (Å²) < 4.78 is 13.1.